The standard InChI is InChI=1S/C12H17ClN2O4S/c1-4-9(3)14(5-2)20(18,19)12-8-10(15(16)17)6-7-11(12)13/h6-9H,4-5H2,1-3H3. The van der Waals surface area contributed by atoms with Crippen LogP contribution in [0.5, 0.6) is 0 Å². The Labute approximate surface area is 123 Å². The highest BCUT2D eigenvalue weighted by Gasteiger charge is 2.30. The Kier molecular flexibility index (Phi) is 5.50. The summed E-state index contributed by atoms with van der Waals surface area (Å²) in [6.07, 6.45) is 0.639. The molecular weight excluding hydrogens is 304 g/mol. The highest BCUT2D eigenvalue weighted by molar-refractivity contribution is 7.89. The van der Waals surface area contributed by atoms with E-state index in [9.17, 15) is 18.5 Å². The molecule has 1 unspecified atom stereocenters. The van der Waals surface area contributed by atoms with Crippen LogP contribution in [-0.4, -0.2) is 30.2 Å². The number of rotatable bonds is 6. The third-order valence-corrected chi connectivity index (χ3v) is 5.68. The van der Waals surface area contributed by atoms with E-state index in [1.165, 1.54) is 16.4 Å². The predicted octanol–water partition coefficient (Wildman–Crippen LogP) is 3.06. The third kappa shape index (κ3) is 3.28. The van der Waals surface area contributed by atoms with Crippen molar-refractivity contribution in [1.29, 1.82) is 0 Å². The molecule has 0 amide bonds. The topological polar surface area (TPSA) is 80.5 Å². The second-order valence-electron chi connectivity index (χ2n) is 4.34. The maximum atomic E-state index is 12.6. The fourth-order valence-corrected chi connectivity index (χ4v) is 4.06. The zero-order chi connectivity index (χ0) is 15.5. The van der Waals surface area contributed by atoms with E-state index in [0.29, 0.717) is 6.42 Å². The summed E-state index contributed by atoms with van der Waals surface area (Å²) in [7, 11) is -3.85. The van der Waals surface area contributed by atoms with Crippen LogP contribution >= 0.6 is 11.6 Å². The van der Waals surface area contributed by atoms with E-state index in [1.54, 1.807) is 13.8 Å². The lowest BCUT2D eigenvalue weighted by Gasteiger charge is -2.26. The quantitative estimate of drug-likeness (QED) is 0.596. The van der Waals surface area contributed by atoms with Crippen molar-refractivity contribution < 1.29 is 13.3 Å². The lowest BCUT2D eigenvalue weighted by atomic mass is 10.3. The van der Waals surface area contributed by atoms with Crippen LogP contribution < -0.4 is 0 Å². The van der Waals surface area contributed by atoms with Crippen LogP contribution in [-0.2, 0) is 10.0 Å². The van der Waals surface area contributed by atoms with Crippen LogP contribution in [0, 0.1) is 10.1 Å². The Bertz CT molecular complexity index is 603. The minimum atomic E-state index is -3.85. The molecule has 20 heavy (non-hydrogen) atoms. The van der Waals surface area contributed by atoms with E-state index in [1.807, 2.05) is 6.92 Å². The van der Waals surface area contributed by atoms with Gasteiger partial charge in [0.05, 0.1) is 9.95 Å². The van der Waals surface area contributed by atoms with Crippen molar-refractivity contribution in [2.45, 2.75) is 38.1 Å². The Morgan fingerprint density at radius 1 is 1.40 bits per heavy atom. The highest BCUT2D eigenvalue weighted by atomic mass is 35.5. The molecule has 0 spiro atoms. The van der Waals surface area contributed by atoms with Crippen molar-refractivity contribution >= 4 is 27.3 Å². The molecule has 8 heteroatoms. The van der Waals surface area contributed by atoms with Crippen LogP contribution in [0.3, 0.4) is 0 Å². The van der Waals surface area contributed by atoms with Gasteiger partial charge in [-0.05, 0) is 19.4 Å². The molecule has 0 aliphatic rings. The largest absolute Gasteiger partial charge is 0.270 e. The number of nitrogens with zero attached hydrogens (tertiary/aromatic N) is 2. The summed E-state index contributed by atoms with van der Waals surface area (Å²) < 4.78 is 26.4. The van der Waals surface area contributed by atoms with Gasteiger partial charge in [0, 0.05) is 24.7 Å². The van der Waals surface area contributed by atoms with Gasteiger partial charge in [0.1, 0.15) is 4.90 Å². The number of benzene rings is 1. The first-order valence-electron chi connectivity index (χ1n) is 6.21. The molecule has 0 bridgehead atoms. The average Bonchev–Trinajstić information content (AvgIpc) is 2.38. The molecular formula is C12H17ClN2O4S. The summed E-state index contributed by atoms with van der Waals surface area (Å²) in [5, 5.41) is 10.8. The number of non-ortho nitro benzene ring substituents is 1. The van der Waals surface area contributed by atoms with Gasteiger partial charge in [0.2, 0.25) is 10.0 Å². The summed E-state index contributed by atoms with van der Waals surface area (Å²) >= 11 is 5.91. The van der Waals surface area contributed by atoms with Gasteiger partial charge in [-0.25, -0.2) is 8.42 Å². The van der Waals surface area contributed by atoms with E-state index < -0.39 is 14.9 Å². The molecule has 1 atom stereocenters. The van der Waals surface area contributed by atoms with Gasteiger partial charge < -0.3 is 0 Å². The van der Waals surface area contributed by atoms with Crippen molar-refractivity contribution in [2.75, 3.05) is 6.54 Å². The fraction of sp³-hybridized carbons (Fsp3) is 0.500. The summed E-state index contributed by atoms with van der Waals surface area (Å²) in [5.74, 6) is 0. The second kappa shape index (κ2) is 6.51. The third-order valence-electron chi connectivity index (χ3n) is 3.11. The SMILES string of the molecule is CCC(C)N(CC)S(=O)(=O)c1cc([N+](=O)[O-])ccc1Cl. The fourth-order valence-electron chi connectivity index (χ4n) is 1.85. The summed E-state index contributed by atoms with van der Waals surface area (Å²) in [6.45, 7) is 5.65. The van der Waals surface area contributed by atoms with E-state index in [4.69, 9.17) is 11.6 Å². The monoisotopic (exact) mass is 320 g/mol. The minimum Gasteiger partial charge on any atom is -0.258 e. The van der Waals surface area contributed by atoms with Gasteiger partial charge >= 0.3 is 0 Å². The van der Waals surface area contributed by atoms with Crippen molar-refractivity contribution in [1.82, 2.24) is 4.31 Å². The smallest absolute Gasteiger partial charge is 0.258 e. The molecule has 6 nitrogen and oxygen atoms in total. The lowest BCUT2D eigenvalue weighted by Crippen LogP contribution is -2.38. The van der Waals surface area contributed by atoms with Crippen LogP contribution in [0.4, 0.5) is 5.69 Å². The summed E-state index contributed by atoms with van der Waals surface area (Å²) in [5.41, 5.74) is -0.298. The molecule has 0 fully saturated rings. The van der Waals surface area contributed by atoms with Gasteiger partial charge in [-0.15, -0.1) is 0 Å². The van der Waals surface area contributed by atoms with E-state index in [-0.39, 0.29) is 28.2 Å². The molecule has 1 aromatic rings. The van der Waals surface area contributed by atoms with Gasteiger partial charge in [-0.1, -0.05) is 25.4 Å². The zero-order valence-electron chi connectivity index (χ0n) is 11.5. The Morgan fingerprint density at radius 3 is 2.45 bits per heavy atom. The summed E-state index contributed by atoms with van der Waals surface area (Å²) in [4.78, 5) is 9.90. The van der Waals surface area contributed by atoms with Crippen molar-refractivity contribution in [3.63, 3.8) is 0 Å². The molecule has 112 valence electrons. The molecule has 0 N–H and O–H groups in total. The van der Waals surface area contributed by atoms with E-state index in [2.05, 4.69) is 0 Å². The van der Waals surface area contributed by atoms with Gasteiger partial charge in [0.15, 0.2) is 0 Å². The van der Waals surface area contributed by atoms with E-state index in [0.717, 1.165) is 6.07 Å². The molecule has 0 saturated carbocycles. The first-order chi connectivity index (χ1) is 9.25. The highest BCUT2D eigenvalue weighted by Crippen LogP contribution is 2.29. The number of nitro groups is 1. The molecule has 0 aliphatic carbocycles. The van der Waals surface area contributed by atoms with Gasteiger partial charge in [0.25, 0.3) is 5.69 Å². The van der Waals surface area contributed by atoms with Crippen LogP contribution in [0.25, 0.3) is 0 Å². The minimum absolute atomic E-state index is 0.0163. The molecule has 0 aromatic heterocycles. The molecule has 0 radical (unpaired) electrons. The molecule has 0 saturated heterocycles. The number of hydrogen-bond donors (Lipinski definition) is 0. The van der Waals surface area contributed by atoms with Crippen LogP contribution in [0.15, 0.2) is 23.1 Å². The molecule has 0 aliphatic heterocycles. The first-order valence-corrected chi connectivity index (χ1v) is 8.03. The number of nitro benzene ring substituents is 1. The van der Waals surface area contributed by atoms with Gasteiger partial charge in [-0.3, -0.25) is 10.1 Å². The van der Waals surface area contributed by atoms with Crippen molar-refractivity contribution in [3.05, 3.63) is 33.3 Å². The Morgan fingerprint density at radius 2 is 2.00 bits per heavy atom. The lowest BCUT2D eigenvalue weighted by molar-refractivity contribution is -0.385. The Hall–Kier alpha value is -1.18. The average molecular weight is 321 g/mol. The Balaban J connectivity index is 3.40. The van der Waals surface area contributed by atoms with E-state index >= 15 is 0 Å². The number of halogens is 1. The maximum Gasteiger partial charge on any atom is 0.270 e. The zero-order valence-corrected chi connectivity index (χ0v) is 13.1. The normalized spacial score (nSPS) is 13.4. The van der Waals surface area contributed by atoms with Crippen molar-refractivity contribution in [2.24, 2.45) is 0 Å². The second-order valence-corrected chi connectivity index (χ2v) is 6.60. The van der Waals surface area contributed by atoms with Crippen LogP contribution in [0.1, 0.15) is 27.2 Å². The molecule has 0 heterocycles. The number of hydrogen-bond acceptors (Lipinski definition) is 4. The van der Waals surface area contributed by atoms with Crippen LogP contribution in [0.2, 0.25) is 5.02 Å². The van der Waals surface area contributed by atoms with Crippen molar-refractivity contribution in [3.8, 4) is 0 Å². The van der Waals surface area contributed by atoms with Gasteiger partial charge in [-0.2, -0.15) is 4.31 Å². The first kappa shape index (κ1) is 16.9. The summed E-state index contributed by atoms with van der Waals surface area (Å²) in [6, 6.07) is 3.21. The number of sulfonamides is 1. The molecule has 1 aromatic carbocycles. The molecule has 1 rings (SSSR count). The maximum absolute atomic E-state index is 12.6. The predicted molar refractivity (Wildman–Crippen MR) is 77.4 cm³/mol.